The van der Waals surface area contributed by atoms with Crippen LogP contribution in [0.15, 0.2) is 18.2 Å². The van der Waals surface area contributed by atoms with Gasteiger partial charge >= 0.3 is 5.97 Å². The number of nitrogens with zero attached hydrogens (tertiary/aromatic N) is 4. The largest absolute Gasteiger partial charge is 0.493 e. The van der Waals surface area contributed by atoms with Gasteiger partial charge in [-0.25, -0.2) is 4.79 Å². The number of hydrogen-bond acceptors (Lipinski definition) is 9. The van der Waals surface area contributed by atoms with Crippen LogP contribution >= 0.6 is 0 Å². The average Bonchev–Trinajstić information content (AvgIpc) is 2.58. The first-order valence-electron chi connectivity index (χ1n) is 7.01. The number of nitrogen functional groups attached to an aromatic ring is 1. The maximum atomic E-state index is 11.5. The van der Waals surface area contributed by atoms with Crippen molar-refractivity contribution in [1.82, 2.24) is 15.0 Å². The van der Waals surface area contributed by atoms with E-state index in [-0.39, 0.29) is 12.6 Å². The van der Waals surface area contributed by atoms with Crippen LogP contribution in [0.4, 0.5) is 11.9 Å². The van der Waals surface area contributed by atoms with E-state index < -0.39 is 5.97 Å². The van der Waals surface area contributed by atoms with Crippen molar-refractivity contribution in [2.24, 2.45) is 0 Å². The third-order valence-electron chi connectivity index (χ3n) is 3.03. The molecule has 2 N–H and O–H groups in total. The number of anilines is 2. The summed E-state index contributed by atoms with van der Waals surface area (Å²) in [7, 11) is 6.39. The Morgan fingerprint density at radius 3 is 2.54 bits per heavy atom. The Morgan fingerprint density at radius 1 is 1.17 bits per heavy atom. The first-order chi connectivity index (χ1) is 11.4. The number of benzene rings is 1. The van der Waals surface area contributed by atoms with Crippen LogP contribution in [-0.2, 0) is 11.3 Å². The minimum Gasteiger partial charge on any atom is -0.493 e. The standard InChI is InChI=1S/C15H19N5O4/c1-20(2)15-18-12(17-14(16)19-15)8-24-10-6-5-9(13(21)23-4)7-11(10)22-3/h5-7H,8H2,1-4H3,(H2,16,17,18,19). The number of nitrogens with two attached hydrogens (primary N) is 1. The Morgan fingerprint density at radius 2 is 1.92 bits per heavy atom. The molecule has 0 unspecified atom stereocenters. The second-order valence-corrected chi connectivity index (χ2v) is 4.95. The number of esters is 1. The summed E-state index contributed by atoms with van der Waals surface area (Å²) in [5, 5.41) is 0. The highest BCUT2D eigenvalue weighted by Gasteiger charge is 2.13. The van der Waals surface area contributed by atoms with Crippen LogP contribution in [0.5, 0.6) is 11.5 Å². The molecule has 0 saturated carbocycles. The van der Waals surface area contributed by atoms with Gasteiger partial charge in [0.05, 0.1) is 19.8 Å². The molecule has 1 aromatic carbocycles. The van der Waals surface area contributed by atoms with Crippen molar-refractivity contribution < 1.29 is 19.0 Å². The van der Waals surface area contributed by atoms with Gasteiger partial charge in [-0.05, 0) is 18.2 Å². The molecular weight excluding hydrogens is 314 g/mol. The van der Waals surface area contributed by atoms with Crippen LogP contribution in [-0.4, -0.2) is 49.2 Å². The molecule has 0 amide bonds. The van der Waals surface area contributed by atoms with Crippen molar-refractivity contribution in [1.29, 1.82) is 0 Å². The monoisotopic (exact) mass is 333 g/mol. The number of ether oxygens (including phenoxy) is 3. The average molecular weight is 333 g/mol. The van der Waals surface area contributed by atoms with E-state index in [1.165, 1.54) is 20.3 Å². The Labute approximate surface area is 139 Å². The van der Waals surface area contributed by atoms with Gasteiger partial charge in [-0.1, -0.05) is 0 Å². The Bertz CT molecular complexity index is 736. The van der Waals surface area contributed by atoms with E-state index in [9.17, 15) is 4.79 Å². The molecule has 0 aliphatic heterocycles. The summed E-state index contributed by atoms with van der Waals surface area (Å²) < 4.78 is 15.6. The summed E-state index contributed by atoms with van der Waals surface area (Å²) >= 11 is 0. The topological polar surface area (TPSA) is 113 Å². The van der Waals surface area contributed by atoms with Crippen LogP contribution in [0.2, 0.25) is 0 Å². The second kappa shape index (κ2) is 7.44. The van der Waals surface area contributed by atoms with Gasteiger partial charge in [-0.3, -0.25) is 0 Å². The molecule has 128 valence electrons. The maximum Gasteiger partial charge on any atom is 0.337 e. The molecule has 1 aromatic heterocycles. The number of aromatic nitrogens is 3. The lowest BCUT2D eigenvalue weighted by Crippen LogP contribution is -2.17. The number of rotatable bonds is 6. The zero-order valence-electron chi connectivity index (χ0n) is 13.9. The highest BCUT2D eigenvalue weighted by atomic mass is 16.5. The lowest BCUT2D eigenvalue weighted by molar-refractivity contribution is 0.0600. The predicted octanol–water partition coefficient (Wildman–Crippen LogP) is 0.894. The van der Waals surface area contributed by atoms with Crippen molar-refractivity contribution in [2.45, 2.75) is 6.61 Å². The van der Waals surface area contributed by atoms with Crippen molar-refractivity contribution in [3.63, 3.8) is 0 Å². The summed E-state index contributed by atoms with van der Waals surface area (Å²) in [5.41, 5.74) is 6.03. The van der Waals surface area contributed by atoms with Crippen LogP contribution < -0.4 is 20.1 Å². The number of hydrogen-bond donors (Lipinski definition) is 1. The van der Waals surface area contributed by atoms with E-state index in [0.29, 0.717) is 28.8 Å². The molecule has 9 heteroatoms. The first kappa shape index (κ1) is 17.3. The van der Waals surface area contributed by atoms with E-state index in [1.54, 1.807) is 31.1 Å². The molecule has 9 nitrogen and oxygen atoms in total. The van der Waals surface area contributed by atoms with E-state index in [1.807, 2.05) is 0 Å². The minimum atomic E-state index is -0.458. The summed E-state index contributed by atoms with van der Waals surface area (Å²) in [5.74, 6) is 1.31. The SMILES string of the molecule is COC(=O)c1ccc(OCc2nc(N)nc(N(C)C)n2)c(OC)c1. The van der Waals surface area contributed by atoms with Gasteiger partial charge in [0.2, 0.25) is 11.9 Å². The molecule has 0 aliphatic rings. The van der Waals surface area contributed by atoms with Gasteiger partial charge in [0.15, 0.2) is 17.3 Å². The summed E-state index contributed by atoms with van der Waals surface area (Å²) in [4.78, 5) is 25.6. The molecule has 0 spiro atoms. The third-order valence-corrected chi connectivity index (χ3v) is 3.03. The molecule has 2 aromatic rings. The zero-order chi connectivity index (χ0) is 17.7. The summed E-state index contributed by atoms with van der Waals surface area (Å²) in [6.07, 6.45) is 0. The molecular formula is C15H19N5O4. The molecule has 0 fully saturated rings. The number of carbonyl (C=O) groups excluding carboxylic acids is 1. The van der Waals surface area contributed by atoms with Crippen molar-refractivity contribution >= 4 is 17.9 Å². The molecule has 0 saturated heterocycles. The highest BCUT2D eigenvalue weighted by molar-refractivity contribution is 5.90. The van der Waals surface area contributed by atoms with Crippen LogP contribution in [0.25, 0.3) is 0 Å². The van der Waals surface area contributed by atoms with E-state index in [0.717, 1.165) is 0 Å². The first-order valence-corrected chi connectivity index (χ1v) is 7.01. The quantitative estimate of drug-likeness (QED) is 0.770. The second-order valence-electron chi connectivity index (χ2n) is 4.95. The van der Waals surface area contributed by atoms with Gasteiger partial charge in [0.1, 0.15) is 6.61 Å². The molecule has 0 atom stereocenters. The fraction of sp³-hybridized carbons (Fsp3) is 0.333. The van der Waals surface area contributed by atoms with Gasteiger partial charge in [0.25, 0.3) is 0 Å². The van der Waals surface area contributed by atoms with Crippen molar-refractivity contribution in [2.75, 3.05) is 38.9 Å². The molecule has 0 radical (unpaired) electrons. The summed E-state index contributed by atoms with van der Waals surface area (Å²) in [6, 6.07) is 4.73. The number of carbonyl (C=O) groups is 1. The predicted molar refractivity (Wildman–Crippen MR) is 87.2 cm³/mol. The molecule has 2 rings (SSSR count). The molecule has 1 heterocycles. The lowest BCUT2D eigenvalue weighted by Gasteiger charge is -2.13. The smallest absolute Gasteiger partial charge is 0.337 e. The van der Waals surface area contributed by atoms with Crippen LogP contribution in [0.1, 0.15) is 16.2 Å². The van der Waals surface area contributed by atoms with Gasteiger partial charge in [0, 0.05) is 14.1 Å². The van der Waals surface area contributed by atoms with Crippen LogP contribution in [0, 0.1) is 0 Å². The van der Waals surface area contributed by atoms with E-state index >= 15 is 0 Å². The minimum absolute atomic E-state index is 0.0709. The summed E-state index contributed by atoms with van der Waals surface area (Å²) in [6.45, 7) is 0.0709. The third kappa shape index (κ3) is 4.00. The Kier molecular flexibility index (Phi) is 5.35. The normalized spacial score (nSPS) is 10.2. The van der Waals surface area contributed by atoms with Crippen molar-refractivity contribution in [3.05, 3.63) is 29.6 Å². The fourth-order valence-electron chi connectivity index (χ4n) is 1.86. The van der Waals surface area contributed by atoms with E-state index in [2.05, 4.69) is 19.7 Å². The highest BCUT2D eigenvalue weighted by Crippen LogP contribution is 2.29. The zero-order valence-corrected chi connectivity index (χ0v) is 13.9. The molecule has 0 bridgehead atoms. The van der Waals surface area contributed by atoms with Gasteiger partial charge in [-0.2, -0.15) is 15.0 Å². The van der Waals surface area contributed by atoms with Gasteiger partial charge in [-0.15, -0.1) is 0 Å². The Hall–Kier alpha value is -3.10. The molecule has 24 heavy (non-hydrogen) atoms. The lowest BCUT2D eigenvalue weighted by atomic mass is 10.2. The van der Waals surface area contributed by atoms with Gasteiger partial charge < -0.3 is 24.8 Å². The fourth-order valence-corrected chi connectivity index (χ4v) is 1.86. The number of methoxy groups -OCH3 is 2. The van der Waals surface area contributed by atoms with Crippen LogP contribution in [0.3, 0.4) is 0 Å². The maximum absolute atomic E-state index is 11.5. The van der Waals surface area contributed by atoms with Crippen molar-refractivity contribution in [3.8, 4) is 11.5 Å². The van der Waals surface area contributed by atoms with E-state index in [4.69, 9.17) is 15.2 Å². The Balaban J connectivity index is 2.18. The molecule has 0 aliphatic carbocycles.